The molecule has 19 heavy (non-hydrogen) atoms. The van der Waals surface area contributed by atoms with Gasteiger partial charge in [-0.2, -0.15) is 0 Å². The van der Waals surface area contributed by atoms with E-state index in [1.165, 1.54) is 24.3 Å². The molecule has 2 aromatic carbocycles. The van der Waals surface area contributed by atoms with Gasteiger partial charge in [-0.15, -0.1) is 0 Å². The molecule has 100 valence electrons. The predicted octanol–water partition coefficient (Wildman–Crippen LogP) is 1.16. The van der Waals surface area contributed by atoms with E-state index in [-0.39, 0.29) is 16.7 Å². The van der Waals surface area contributed by atoms with Crippen LogP contribution in [0.3, 0.4) is 0 Å². The van der Waals surface area contributed by atoms with Crippen molar-refractivity contribution in [2.24, 2.45) is 0 Å². The largest absolute Gasteiger partial charge is 0.504 e. The molecule has 2 rings (SSSR count). The Balaban J connectivity index is 2.71. The number of aromatic hydroxyl groups is 4. The highest BCUT2D eigenvalue weighted by atomic mass is 16.5. The lowest BCUT2D eigenvalue weighted by Gasteiger charge is -2.12. The van der Waals surface area contributed by atoms with E-state index < -0.39 is 29.3 Å². The lowest BCUT2D eigenvalue weighted by atomic mass is 9.99. The molecular formula is C13H12O6. The van der Waals surface area contributed by atoms with E-state index in [4.69, 9.17) is 10.2 Å². The Morgan fingerprint density at radius 3 is 2.00 bits per heavy atom. The van der Waals surface area contributed by atoms with Crippen LogP contribution in [0, 0.1) is 0 Å². The first-order chi connectivity index (χ1) is 8.91. The molecule has 2 aromatic rings. The van der Waals surface area contributed by atoms with Crippen LogP contribution in [0.2, 0.25) is 0 Å². The maximum absolute atomic E-state index is 9.77. The summed E-state index contributed by atoms with van der Waals surface area (Å²) in [7, 11) is 0. The van der Waals surface area contributed by atoms with E-state index >= 15 is 0 Å². The summed E-state index contributed by atoms with van der Waals surface area (Å²) in [5.74, 6) is -1.98. The quantitative estimate of drug-likeness (QED) is 0.357. The zero-order chi connectivity index (χ0) is 14.2. The van der Waals surface area contributed by atoms with Crippen LogP contribution >= 0.6 is 0 Å². The topological polar surface area (TPSA) is 121 Å². The maximum Gasteiger partial charge on any atom is 0.178 e. The minimum Gasteiger partial charge on any atom is -0.504 e. The van der Waals surface area contributed by atoms with Crippen LogP contribution < -0.4 is 0 Å². The van der Waals surface area contributed by atoms with Crippen molar-refractivity contribution in [2.45, 2.75) is 6.29 Å². The monoisotopic (exact) mass is 264 g/mol. The Morgan fingerprint density at radius 2 is 1.37 bits per heavy atom. The fraction of sp³-hybridized carbons (Fsp3) is 0.0769. The third-order valence-corrected chi connectivity index (χ3v) is 2.72. The Labute approximate surface area is 108 Å². The molecule has 0 heterocycles. The third kappa shape index (κ3) is 2.26. The van der Waals surface area contributed by atoms with Gasteiger partial charge in [0.1, 0.15) is 0 Å². The maximum atomic E-state index is 9.77. The second kappa shape index (κ2) is 4.68. The van der Waals surface area contributed by atoms with Gasteiger partial charge in [-0.3, -0.25) is 0 Å². The summed E-state index contributed by atoms with van der Waals surface area (Å²) in [6, 6.07) is 6.26. The molecule has 0 unspecified atom stereocenters. The molecule has 0 saturated heterocycles. The van der Waals surface area contributed by atoms with Crippen molar-refractivity contribution in [3.63, 3.8) is 0 Å². The molecule has 0 aliphatic rings. The molecular weight excluding hydrogens is 252 g/mol. The fourth-order valence-electron chi connectivity index (χ4n) is 1.74. The Bertz CT molecular complexity index is 621. The number of hydrogen-bond donors (Lipinski definition) is 6. The van der Waals surface area contributed by atoms with E-state index in [1.54, 1.807) is 0 Å². The van der Waals surface area contributed by atoms with Crippen molar-refractivity contribution < 1.29 is 30.6 Å². The van der Waals surface area contributed by atoms with Crippen LogP contribution in [-0.4, -0.2) is 30.6 Å². The smallest absolute Gasteiger partial charge is 0.178 e. The molecule has 0 saturated carbocycles. The lowest BCUT2D eigenvalue weighted by Crippen LogP contribution is -1.95. The molecule has 0 atom stereocenters. The summed E-state index contributed by atoms with van der Waals surface area (Å²) < 4.78 is 0. The molecule has 0 fully saturated rings. The summed E-state index contributed by atoms with van der Waals surface area (Å²) >= 11 is 0. The fourth-order valence-corrected chi connectivity index (χ4v) is 1.74. The van der Waals surface area contributed by atoms with Crippen molar-refractivity contribution in [1.82, 2.24) is 0 Å². The molecule has 0 spiro atoms. The minimum absolute atomic E-state index is 0.0310. The first-order valence-electron chi connectivity index (χ1n) is 5.35. The Hall–Kier alpha value is -2.44. The highest BCUT2D eigenvalue weighted by molar-refractivity contribution is 5.80. The molecule has 6 N–H and O–H groups in total. The second-order valence-electron chi connectivity index (χ2n) is 3.98. The summed E-state index contributed by atoms with van der Waals surface area (Å²) in [5, 5.41) is 56.6. The Kier molecular flexibility index (Phi) is 3.20. The summed E-state index contributed by atoms with van der Waals surface area (Å²) in [6.07, 6.45) is -1.84. The van der Waals surface area contributed by atoms with Gasteiger partial charge >= 0.3 is 0 Å². The van der Waals surface area contributed by atoms with Gasteiger partial charge in [0.25, 0.3) is 0 Å². The molecule has 6 nitrogen and oxygen atoms in total. The van der Waals surface area contributed by atoms with Crippen LogP contribution in [-0.2, 0) is 0 Å². The van der Waals surface area contributed by atoms with E-state index in [0.717, 1.165) is 6.07 Å². The van der Waals surface area contributed by atoms with Crippen LogP contribution in [0.15, 0.2) is 30.3 Å². The number of hydrogen-bond acceptors (Lipinski definition) is 6. The summed E-state index contributed by atoms with van der Waals surface area (Å²) in [6.45, 7) is 0. The van der Waals surface area contributed by atoms with E-state index in [1.807, 2.05) is 0 Å². The highest BCUT2D eigenvalue weighted by Crippen LogP contribution is 2.44. The zero-order valence-electron chi connectivity index (χ0n) is 9.65. The van der Waals surface area contributed by atoms with Crippen molar-refractivity contribution in [1.29, 1.82) is 0 Å². The van der Waals surface area contributed by atoms with Gasteiger partial charge in [-0.25, -0.2) is 0 Å². The van der Waals surface area contributed by atoms with E-state index in [0.29, 0.717) is 0 Å². The third-order valence-electron chi connectivity index (χ3n) is 2.72. The SMILES string of the molecule is Oc1cccc(-c2cc(C(O)O)cc(O)c2O)c1O. The molecule has 0 bridgehead atoms. The van der Waals surface area contributed by atoms with Crippen molar-refractivity contribution in [3.8, 4) is 34.1 Å². The average Bonchev–Trinajstić information content (AvgIpc) is 2.36. The minimum atomic E-state index is -1.84. The van der Waals surface area contributed by atoms with Gasteiger partial charge < -0.3 is 30.6 Å². The van der Waals surface area contributed by atoms with Crippen molar-refractivity contribution in [3.05, 3.63) is 35.9 Å². The van der Waals surface area contributed by atoms with Gasteiger partial charge in [-0.05, 0) is 18.2 Å². The van der Waals surface area contributed by atoms with Crippen LogP contribution in [0.4, 0.5) is 0 Å². The van der Waals surface area contributed by atoms with Crippen LogP contribution in [0.1, 0.15) is 11.9 Å². The van der Waals surface area contributed by atoms with Gasteiger partial charge in [0.15, 0.2) is 29.3 Å². The molecule has 0 aliphatic carbocycles. The molecule has 6 heteroatoms. The summed E-state index contributed by atoms with van der Waals surface area (Å²) in [4.78, 5) is 0. The van der Waals surface area contributed by atoms with Crippen LogP contribution in [0.25, 0.3) is 11.1 Å². The number of benzene rings is 2. The second-order valence-corrected chi connectivity index (χ2v) is 3.98. The van der Waals surface area contributed by atoms with Gasteiger partial charge in [0.05, 0.1) is 0 Å². The number of para-hydroxylation sites is 1. The van der Waals surface area contributed by atoms with Gasteiger partial charge in [-0.1, -0.05) is 12.1 Å². The standard InChI is InChI=1S/C13H12O6/c14-9-3-1-2-7(11(9)16)8-4-6(13(18)19)5-10(15)12(8)17/h1-5,13-19H. The first-order valence-corrected chi connectivity index (χ1v) is 5.35. The summed E-state index contributed by atoms with van der Waals surface area (Å²) in [5.41, 5.74) is -0.0418. The van der Waals surface area contributed by atoms with Crippen molar-refractivity contribution >= 4 is 0 Å². The molecule has 0 amide bonds. The predicted molar refractivity (Wildman–Crippen MR) is 65.7 cm³/mol. The molecule has 0 aromatic heterocycles. The molecule has 0 radical (unpaired) electrons. The average molecular weight is 264 g/mol. The van der Waals surface area contributed by atoms with Gasteiger partial charge in [0.2, 0.25) is 0 Å². The normalized spacial score (nSPS) is 10.9. The molecule has 0 aliphatic heterocycles. The highest BCUT2D eigenvalue weighted by Gasteiger charge is 2.17. The number of aliphatic hydroxyl groups is 2. The number of phenols is 4. The number of aliphatic hydroxyl groups excluding tert-OH is 1. The van der Waals surface area contributed by atoms with E-state index in [2.05, 4.69) is 0 Å². The number of phenolic OH excluding ortho intramolecular Hbond substituents is 4. The first kappa shape index (κ1) is 13.0. The lowest BCUT2D eigenvalue weighted by molar-refractivity contribution is -0.0426. The Morgan fingerprint density at radius 1 is 0.737 bits per heavy atom. The van der Waals surface area contributed by atoms with Gasteiger partial charge in [0, 0.05) is 16.7 Å². The number of rotatable bonds is 2. The van der Waals surface area contributed by atoms with Crippen molar-refractivity contribution in [2.75, 3.05) is 0 Å². The van der Waals surface area contributed by atoms with Crippen LogP contribution in [0.5, 0.6) is 23.0 Å². The van der Waals surface area contributed by atoms with E-state index in [9.17, 15) is 20.4 Å². The zero-order valence-corrected chi connectivity index (χ0v) is 9.65.